The van der Waals surface area contributed by atoms with Gasteiger partial charge in [0.2, 0.25) is 0 Å². The van der Waals surface area contributed by atoms with Crippen molar-refractivity contribution in [3.8, 4) is 45.0 Å². The van der Waals surface area contributed by atoms with Crippen LogP contribution >= 0.6 is 11.8 Å². The van der Waals surface area contributed by atoms with Gasteiger partial charge in [0.05, 0.1) is 33.6 Å². The van der Waals surface area contributed by atoms with E-state index in [0.717, 1.165) is 61.4 Å². The maximum atomic E-state index is 6.84. The quantitative estimate of drug-likeness (QED) is 0.164. The van der Waals surface area contributed by atoms with E-state index in [0.29, 0.717) is 0 Å². The van der Waals surface area contributed by atoms with Crippen molar-refractivity contribution in [1.29, 1.82) is 0 Å². The lowest BCUT2D eigenvalue weighted by Crippen LogP contribution is -2.33. The summed E-state index contributed by atoms with van der Waals surface area (Å²) < 4.78 is 6.84. The Morgan fingerprint density at radius 2 is 1.05 bits per heavy atom. The smallest absolute Gasteiger partial charge is 0.140 e. The zero-order valence-electron chi connectivity index (χ0n) is 34.6. The van der Waals surface area contributed by atoms with Crippen LogP contribution < -0.4 is 0 Å². The van der Waals surface area contributed by atoms with Crippen molar-refractivity contribution in [1.82, 2.24) is 19.9 Å². The second-order valence-electron chi connectivity index (χ2n) is 17.9. The predicted octanol–water partition coefficient (Wildman–Crippen LogP) is 13.5. The zero-order chi connectivity index (χ0) is 42.2. The number of hydrogen-bond acceptors (Lipinski definition) is 6. The molecule has 0 fully saturated rings. The Kier molecular flexibility index (Phi) is 6.37. The molecule has 16 rings (SSSR count). The van der Waals surface area contributed by atoms with E-state index >= 15 is 0 Å². The van der Waals surface area contributed by atoms with Gasteiger partial charge in [-0.25, -0.2) is 0 Å². The summed E-state index contributed by atoms with van der Waals surface area (Å²) in [6.07, 6.45) is 7.82. The molecular weight excluding hydrogens is 813 g/mol. The minimum absolute atomic E-state index is 0.0962. The molecule has 6 heterocycles. The van der Waals surface area contributed by atoms with E-state index in [-0.39, 0.29) is 5.92 Å². The molecule has 5 aliphatic rings. The largest absolute Gasteiger partial charge is 0.456 e. The van der Waals surface area contributed by atoms with Gasteiger partial charge in [-0.2, -0.15) is 0 Å². The summed E-state index contributed by atoms with van der Waals surface area (Å²) >= 11 is 1.87. The molecule has 2 unspecified atom stereocenters. The minimum Gasteiger partial charge on any atom is -0.456 e. The van der Waals surface area contributed by atoms with Crippen molar-refractivity contribution in [3.05, 3.63) is 250 Å². The van der Waals surface area contributed by atoms with Crippen molar-refractivity contribution in [2.24, 2.45) is 0 Å². The number of benzene rings is 6. The molecular formula is C59H32N4OS. The van der Waals surface area contributed by atoms with Gasteiger partial charge in [-0.15, -0.1) is 0 Å². The van der Waals surface area contributed by atoms with E-state index in [4.69, 9.17) is 24.4 Å². The highest BCUT2D eigenvalue weighted by atomic mass is 32.2. The summed E-state index contributed by atoms with van der Waals surface area (Å²) in [5.41, 5.74) is 22.6. The molecule has 0 radical (unpaired) electrons. The van der Waals surface area contributed by atoms with Crippen LogP contribution in [0.5, 0.6) is 0 Å². The van der Waals surface area contributed by atoms with Crippen LogP contribution in [0.4, 0.5) is 0 Å². The Bertz CT molecular complexity index is 3940. The Morgan fingerprint density at radius 3 is 1.83 bits per heavy atom. The van der Waals surface area contributed by atoms with Gasteiger partial charge in [0, 0.05) is 56.8 Å². The van der Waals surface area contributed by atoms with Gasteiger partial charge < -0.3 is 4.42 Å². The first-order chi connectivity index (χ1) is 32.2. The molecule has 6 heteroatoms. The van der Waals surface area contributed by atoms with Gasteiger partial charge in [-0.3, -0.25) is 19.9 Å². The fourth-order valence-corrected chi connectivity index (χ4v) is 14.1. The molecule has 5 nitrogen and oxygen atoms in total. The topological polar surface area (TPSA) is 64.7 Å². The Labute approximate surface area is 377 Å². The first kappa shape index (κ1) is 34.5. The number of furan rings is 1. The Morgan fingerprint density at radius 1 is 0.415 bits per heavy atom. The van der Waals surface area contributed by atoms with Crippen molar-refractivity contribution >= 4 is 33.7 Å². The number of aromatic nitrogens is 4. The number of pyridine rings is 4. The highest BCUT2D eigenvalue weighted by Crippen LogP contribution is 2.67. The van der Waals surface area contributed by atoms with Gasteiger partial charge in [-0.1, -0.05) is 121 Å². The number of para-hydroxylation sites is 1. The molecule has 6 aromatic carbocycles. The molecule has 0 saturated heterocycles. The van der Waals surface area contributed by atoms with Gasteiger partial charge in [0.15, 0.2) is 0 Å². The minimum atomic E-state index is -0.709. The third kappa shape index (κ3) is 3.98. The number of fused-ring (bicyclic) bond motifs is 26. The molecule has 2 atom stereocenters. The molecule has 0 saturated carbocycles. The van der Waals surface area contributed by atoms with Crippen molar-refractivity contribution in [2.45, 2.75) is 26.5 Å². The van der Waals surface area contributed by atoms with Crippen LogP contribution in [-0.2, 0) is 10.8 Å². The monoisotopic (exact) mass is 844 g/mol. The summed E-state index contributed by atoms with van der Waals surface area (Å²) in [5, 5.41) is 2.27. The normalized spacial score (nSPS) is 17.8. The molecule has 65 heavy (non-hydrogen) atoms. The molecule has 4 aliphatic carbocycles. The van der Waals surface area contributed by atoms with Crippen LogP contribution in [-0.4, -0.2) is 19.9 Å². The average Bonchev–Trinajstić information content (AvgIpc) is 4.14. The standard InChI is InChI=1S/C59H32N4OS/c1-2-15-36-33(12-1)37-23-24-38-35-14-4-7-21-48(35)64-57(38)52(37)51(36)32-28-47-56(63-31-32)55-44(20-11-27-62-55)59(47)41-17-6-8-22-49(41)65-50-30-45-39(29-46(50)59)34-13-3-5-16-40(34)58(45)42-18-9-25-60-53(42)54-43(58)19-10-26-61-54/h1-31,51H. The average molecular weight is 845 g/mol. The van der Waals surface area contributed by atoms with Gasteiger partial charge in [-0.05, 0) is 132 Å². The zero-order valence-corrected chi connectivity index (χ0v) is 35.4. The lowest BCUT2D eigenvalue weighted by Gasteiger charge is -2.40. The third-order valence-electron chi connectivity index (χ3n) is 15.2. The van der Waals surface area contributed by atoms with Gasteiger partial charge in [0.1, 0.15) is 11.2 Å². The van der Waals surface area contributed by atoms with E-state index < -0.39 is 10.8 Å². The summed E-state index contributed by atoms with van der Waals surface area (Å²) in [7, 11) is 0. The van der Waals surface area contributed by atoms with Crippen LogP contribution in [0.3, 0.4) is 0 Å². The van der Waals surface area contributed by atoms with Gasteiger partial charge >= 0.3 is 0 Å². The molecule has 5 aromatic heterocycles. The molecule has 0 N–H and O–H groups in total. The van der Waals surface area contributed by atoms with E-state index in [1.54, 1.807) is 0 Å². The number of nitrogens with zero attached hydrogens (tertiary/aromatic N) is 4. The summed E-state index contributed by atoms with van der Waals surface area (Å²) in [4.78, 5) is 23.1. The second-order valence-corrected chi connectivity index (χ2v) is 19.0. The molecule has 2 spiro atoms. The van der Waals surface area contributed by atoms with Crippen LogP contribution in [0.25, 0.3) is 67.0 Å². The summed E-state index contributed by atoms with van der Waals surface area (Å²) in [6, 6.07) is 60.4. The molecule has 300 valence electrons. The van der Waals surface area contributed by atoms with Crippen LogP contribution in [0.2, 0.25) is 0 Å². The second kappa shape index (κ2) is 12.0. The fourth-order valence-electron chi connectivity index (χ4n) is 12.9. The third-order valence-corrected chi connectivity index (χ3v) is 16.4. The summed E-state index contributed by atoms with van der Waals surface area (Å²) in [5.74, 6) is -0.0962. The van der Waals surface area contributed by atoms with Crippen LogP contribution in [0.1, 0.15) is 67.1 Å². The highest BCUT2D eigenvalue weighted by molar-refractivity contribution is 7.99. The maximum absolute atomic E-state index is 6.84. The number of hydrogen-bond donors (Lipinski definition) is 0. The molecule has 11 aromatic rings. The lowest BCUT2D eigenvalue weighted by molar-refractivity contribution is 0.662. The van der Waals surface area contributed by atoms with Crippen LogP contribution in [0.15, 0.2) is 203 Å². The van der Waals surface area contributed by atoms with Crippen molar-refractivity contribution in [3.63, 3.8) is 0 Å². The maximum Gasteiger partial charge on any atom is 0.140 e. The van der Waals surface area contributed by atoms with Crippen LogP contribution in [0, 0.1) is 0 Å². The van der Waals surface area contributed by atoms with E-state index in [9.17, 15) is 0 Å². The Balaban J connectivity index is 1.00. The molecule has 1 aliphatic heterocycles. The van der Waals surface area contributed by atoms with Crippen molar-refractivity contribution < 1.29 is 4.42 Å². The summed E-state index contributed by atoms with van der Waals surface area (Å²) in [6.45, 7) is 0. The van der Waals surface area contributed by atoms with Gasteiger partial charge in [0.25, 0.3) is 0 Å². The van der Waals surface area contributed by atoms with E-state index in [1.165, 1.54) is 76.6 Å². The molecule has 0 amide bonds. The SMILES string of the molecule is c1ccc2c(c1)Sc1cc3c(cc1C21c2cccnc2-c2ncc(C4c5ccccc5-c5ccc6c(oc7ccccc76)c54)cc21)-c1ccccc1C31c2cccnc2-c2ncccc21. The van der Waals surface area contributed by atoms with E-state index in [1.807, 2.05) is 30.4 Å². The number of rotatable bonds is 1. The fraction of sp³-hybridized carbons (Fsp3) is 0.0508. The first-order valence-electron chi connectivity index (χ1n) is 22.2. The lowest BCUT2D eigenvalue weighted by atomic mass is 9.66. The predicted molar refractivity (Wildman–Crippen MR) is 255 cm³/mol. The Hall–Kier alpha value is -7.93. The van der Waals surface area contributed by atoms with Crippen molar-refractivity contribution in [2.75, 3.05) is 0 Å². The molecule has 0 bridgehead atoms. The highest BCUT2D eigenvalue weighted by Gasteiger charge is 2.56. The van der Waals surface area contributed by atoms with E-state index in [2.05, 4.69) is 170 Å². The first-order valence-corrected chi connectivity index (χ1v) is 23.0.